The van der Waals surface area contributed by atoms with E-state index in [1.807, 2.05) is 0 Å². The van der Waals surface area contributed by atoms with Gasteiger partial charge in [0.2, 0.25) is 19.9 Å². The van der Waals surface area contributed by atoms with E-state index in [4.69, 9.17) is 0 Å². The van der Waals surface area contributed by atoms with E-state index in [0.717, 1.165) is 18.4 Å². The van der Waals surface area contributed by atoms with Crippen LogP contribution in [0.4, 0.5) is 5.69 Å². The fraction of sp³-hybridized carbons (Fsp3) is 0.0769. The minimum absolute atomic E-state index is 0.0109. The first-order valence-corrected chi connectivity index (χ1v) is 9.18. The van der Waals surface area contributed by atoms with Crippen molar-refractivity contribution in [3.05, 3.63) is 48.5 Å². The van der Waals surface area contributed by atoms with Gasteiger partial charge in [0.05, 0.1) is 16.8 Å². The minimum Gasteiger partial charge on any atom is -0.507 e. The van der Waals surface area contributed by atoms with Crippen molar-refractivity contribution >= 4 is 25.5 Å². The maximum Gasteiger partial charge on any atom is 0.229 e. The Hall–Kier alpha value is -2.06. The van der Waals surface area contributed by atoms with Gasteiger partial charge in [-0.25, -0.2) is 16.8 Å². The van der Waals surface area contributed by atoms with Crippen molar-refractivity contribution in [2.75, 3.05) is 11.0 Å². The molecule has 0 spiro atoms. The van der Waals surface area contributed by atoms with Gasteiger partial charge in [-0.15, -0.1) is 0 Å². The third-order valence-electron chi connectivity index (χ3n) is 2.61. The Morgan fingerprint density at radius 2 is 1.57 bits per heavy atom. The van der Waals surface area contributed by atoms with Gasteiger partial charge in [-0.3, -0.25) is 4.72 Å². The summed E-state index contributed by atoms with van der Waals surface area (Å²) >= 11 is 0. The number of anilines is 1. The average molecular weight is 327 g/mol. The lowest BCUT2D eigenvalue weighted by Gasteiger charge is -2.10. The second-order valence-electron chi connectivity index (χ2n) is 4.37. The fourth-order valence-corrected chi connectivity index (χ4v) is 3.68. The predicted octanol–water partition coefficient (Wildman–Crippen LogP) is 1.60. The lowest BCUT2D eigenvalue weighted by Crippen LogP contribution is -2.10. The van der Waals surface area contributed by atoms with Gasteiger partial charge >= 0.3 is 0 Å². The van der Waals surface area contributed by atoms with Crippen LogP contribution in [0.1, 0.15) is 0 Å². The number of phenolic OH excluding ortho intramolecular Hbond substituents is 1. The molecule has 0 aromatic heterocycles. The molecule has 21 heavy (non-hydrogen) atoms. The lowest BCUT2D eigenvalue weighted by molar-refractivity contribution is 0.459. The van der Waals surface area contributed by atoms with E-state index in [1.54, 1.807) is 18.2 Å². The molecule has 0 fully saturated rings. The van der Waals surface area contributed by atoms with Gasteiger partial charge in [0.25, 0.3) is 0 Å². The van der Waals surface area contributed by atoms with E-state index in [2.05, 4.69) is 4.72 Å². The number of benzene rings is 2. The summed E-state index contributed by atoms with van der Waals surface area (Å²) in [4.78, 5) is -0.348. The van der Waals surface area contributed by atoms with Gasteiger partial charge in [-0.1, -0.05) is 18.2 Å². The van der Waals surface area contributed by atoms with Crippen LogP contribution in [0.2, 0.25) is 0 Å². The van der Waals surface area contributed by atoms with E-state index in [1.165, 1.54) is 18.2 Å². The highest BCUT2D eigenvalue weighted by atomic mass is 32.2. The predicted molar refractivity (Wildman–Crippen MR) is 78.5 cm³/mol. The molecule has 2 N–H and O–H groups in total. The number of sulfone groups is 1. The van der Waals surface area contributed by atoms with Crippen molar-refractivity contribution < 1.29 is 21.9 Å². The number of aromatic hydroxyl groups is 1. The Balaban J connectivity index is 2.56. The molecule has 0 saturated heterocycles. The number of hydrogen-bond donors (Lipinski definition) is 2. The van der Waals surface area contributed by atoms with Crippen molar-refractivity contribution in [2.24, 2.45) is 0 Å². The number of phenols is 1. The van der Waals surface area contributed by atoms with E-state index in [9.17, 15) is 21.9 Å². The molecular formula is C13H13NO5S2. The Morgan fingerprint density at radius 3 is 2.14 bits per heavy atom. The first-order chi connectivity index (χ1) is 9.70. The highest BCUT2D eigenvalue weighted by Gasteiger charge is 2.22. The zero-order valence-electron chi connectivity index (χ0n) is 11.0. The number of hydrogen-bond acceptors (Lipinski definition) is 5. The van der Waals surface area contributed by atoms with Gasteiger partial charge in [-0.2, -0.15) is 0 Å². The molecule has 0 heterocycles. The first-order valence-electron chi connectivity index (χ1n) is 5.81. The van der Waals surface area contributed by atoms with Gasteiger partial charge < -0.3 is 5.11 Å². The molecular weight excluding hydrogens is 314 g/mol. The van der Waals surface area contributed by atoms with Gasteiger partial charge in [-0.05, 0) is 30.3 Å². The summed E-state index contributed by atoms with van der Waals surface area (Å²) in [6.07, 6.45) is 0.950. The highest BCUT2D eigenvalue weighted by Crippen LogP contribution is 2.31. The lowest BCUT2D eigenvalue weighted by atomic mass is 10.3. The van der Waals surface area contributed by atoms with Crippen molar-refractivity contribution in [1.29, 1.82) is 0 Å². The third kappa shape index (κ3) is 3.53. The maximum atomic E-state index is 12.4. The smallest absolute Gasteiger partial charge is 0.229 e. The molecule has 0 unspecified atom stereocenters. The largest absolute Gasteiger partial charge is 0.507 e. The summed E-state index contributed by atoms with van der Waals surface area (Å²) in [6.45, 7) is 0. The summed E-state index contributed by atoms with van der Waals surface area (Å²) in [5.74, 6) is -0.446. The second-order valence-corrected chi connectivity index (χ2v) is 8.04. The van der Waals surface area contributed by atoms with E-state index in [-0.39, 0.29) is 15.5 Å². The summed E-state index contributed by atoms with van der Waals surface area (Å²) in [7, 11) is -7.48. The van der Waals surface area contributed by atoms with Crippen LogP contribution in [-0.4, -0.2) is 28.2 Å². The Bertz CT molecular complexity index is 859. The van der Waals surface area contributed by atoms with Gasteiger partial charge in [0, 0.05) is 0 Å². The molecule has 0 saturated carbocycles. The molecule has 2 aromatic rings. The Labute approximate surface area is 123 Å². The van der Waals surface area contributed by atoms with Crippen molar-refractivity contribution in [3.8, 4) is 5.75 Å². The third-order valence-corrected chi connectivity index (χ3v) is 5.01. The molecule has 0 bridgehead atoms. The molecule has 0 radical (unpaired) electrons. The monoisotopic (exact) mass is 327 g/mol. The van der Waals surface area contributed by atoms with E-state index in [0.29, 0.717) is 0 Å². The van der Waals surface area contributed by atoms with Crippen molar-refractivity contribution in [3.63, 3.8) is 0 Å². The molecule has 112 valence electrons. The van der Waals surface area contributed by atoms with Gasteiger partial charge in [0.15, 0.2) is 0 Å². The maximum absolute atomic E-state index is 12.4. The van der Waals surface area contributed by atoms with Crippen LogP contribution < -0.4 is 4.72 Å². The molecule has 0 atom stereocenters. The van der Waals surface area contributed by atoms with Crippen molar-refractivity contribution in [2.45, 2.75) is 9.79 Å². The van der Waals surface area contributed by atoms with E-state index < -0.39 is 25.6 Å². The van der Waals surface area contributed by atoms with Crippen LogP contribution in [0.3, 0.4) is 0 Å². The van der Waals surface area contributed by atoms with Crippen LogP contribution in [0.15, 0.2) is 58.3 Å². The zero-order valence-corrected chi connectivity index (χ0v) is 12.6. The Kier molecular flexibility index (Phi) is 3.93. The van der Waals surface area contributed by atoms with Crippen molar-refractivity contribution in [1.82, 2.24) is 0 Å². The highest BCUT2D eigenvalue weighted by molar-refractivity contribution is 7.92. The molecule has 2 aromatic carbocycles. The van der Waals surface area contributed by atoms with Crippen LogP contribution in [-0.2, 0) is 19.9 Å². The molecule has 8 heteroatoms. The summed E-state index contributed by atoms with van der Waals surface area (Å²) in [5.41, 5.74) is 0.0600. The van der Waals surface area contributed by atoms with Crippen LogP contribution in [0, 0.1) is 0 Å². The standard InChI is InChI=1S/C13H13NO5S2/c1-20(16,17)14-10-7-8-12(15)13(9-10)21(18,19)11-5-3-2-4-6-11/h2-9,14-15H,1H3. The van der Waals surface area contributed by atoms with Crippen LogP contribution in [0.25, 0.3) is 0 Å². The zero-order chi connectivity index (χ0) is 15.7. The summed E-state index contributed by atoms with van der Waals surface area (Å²) in [6, 6.07) is 11.1. The quantitative estimate of drug-likeness (QED) is 0.831. The molecule has 0 aliphatic rings. The topological polar surface area (TPSA) is 101 Å². The SMILES string of the molecule is CS(=O)(=O)Nc1ccc(O)c(S(=O)(=O)c2ccccc2)c1. The number of nitrogens with one attached hydrogen (secondary N) is 1. The minimum atomic E-state index is -3.93. The Morgan fingerprint density at radius 1 is 0.952 bits per heavy atom. The second kappa shape index (κ2) is 5.38. The fourth-order valence-electron chi connectivity index (χ4n) is 1.73. The van der Waals surface area contributed by atoms with Crippen LogP contribution >= 0.6 is 0 Å². The number of rotatable bonds is 4. The molecule has 0 amide bonds. The molecule has 0 aliphatic carbocycles. The van der Waals surface area contributed by atoms with Crippen LogP contribution in [0.5, 0.6) is 5.75 Å². The normalized spacial score (nSPS) is 12.0. The number of sulfonamides is 1. The first kappa shape index (κ1) is 15.3. The summed E-state index contributed by atoms with van der Waals surface area (Å²) in [5, 5.41) is 9.77. The average Bonchev–Trinajstić information content (AvgIpc) is 2.40. The molecule has 0 aliphatic heterocycles. The van der Waals surface area contributed by atoms with Gasteiger partial charge in [0.1, 0.15) is 10.6 Å². The summed E-state index contributed by atoms with van der Waals surface area (Å²) < 4.78 is 49.4. The molecule has 2 rings (SSSR count). The molecule has 6 nitrogen and oxygen atoms in total. The van der Waals surface area contributed by atoms with E-state index >= 15 is 0 Å².